The number of hydrogen-bond acceptors (Lipinski definition) is 12. The molecule has 0 aliphatic heterocycles. The fourth-order valence-electron chi connectivity index (χ4n) is 3.59. The fraction of sp³-hybridized carbons (Fsp3) is 0.708. The van der Waals surface area contributed by atoms with Crippen molar-refractivity contribution in [2.75, 3.05) is 19.8 Å². The summed E-state index contributed by atoms with van der Waals surface area (Å²) in [5.41, 5.74) is 16.0. The number of aliphatic hydroxyl groups excluding tert-OH is 3. The molecule has 0 aliphatic rings. The molecule has 0 aromatic heterocycles. The molecule has 19 heteroatoms. The second-order valence-electron chi connectivity index (χ2n) is 9.48. The maximum atomic E-state index is 12.6. The lowest BCUT2D eigenvalue weighted by molar-refractivity contribution is -0.146. The van der Waals surface area contributed by atoms with Gasteiger partial charge >= 0.3 is 0 Å². The molecule has 0 rings (SSSR count). The third-order valence-corrected chi connectivity index (χ3v) is 5.91. The van der Waals surface area contributed by atoms with Gasteiger partial charge in [-0.1, -0.05) is 0 Å². The first-order valence-corrected chi connectivity index (χ1v) is 13.2. The summed E-state index contributed by atoms with van der Waals surface area (Å²) >= 11 is 0. The smallest absolute Gasteiger partial charge is 0.246 e. The Bertz CT molecular complexity index is 943. The average Bonchev–Trinajstić information content (AvgIpc) is 2.92. The van der Waals surface area contributed by atoms with Gasteiger partial charge in [0, 0.05) is 13.3 Å². The van der Waals surface area contributed by atoms with Crippen molar-refractivity contribution < 1.29 is 53.6 Å². The van der Waals surface area contributed by atoms with Crippen molar-refractivity contribution in [3.05, 3.63) is 0 Å². The normalized spacial score (nSPS) is 15.6. The number of aldehydes is 1. The number of halogens is 1. The molecule has 18 nitrogen and oxygen atoms in total. The molecule has 6 amide bonds. The van der Waals surface area contributed by atoms with Crippen LogP contribution in [0.25, 0.3) is 0 Å². The summed E-state index contributed by atoms with van der Waals surface area (Å²) in [6.45, 7) is 0.962. The first kappa shape index (κ1) is 41.7. The number of primary amides is 2. The number of rotatable bonds is 22. The summed E-state index contributed by atoms with van der Waals surface area (Å²) in [4.78, 5) is 83.4. The highest BCUT2D eigenvalue weighted by Crippen LogP contribution is 2.09. The molecular weight excluding hydrogens is 598 g/mol. The molecule has 0 aromatic rings. The van der Waals surface area contributed by atoms with Gasteiger partial charge in [0.15, 0.2) is 0 Å². The zero-order valence-electron chi connectivity index (χ0n) is 24.0. The van der Waals surface area contributed by atoms with Crippen molar-refractivity contribution in [1.29, 1.82) is 0 Å². The van der Waals surface area contributed by atoms with E-state index in [4.69, 9.17) is 27.0 Å². The van der Waals surface area contributed by atoms with E-state index >= 15 is 0 Å². The minimum absolute atomic E-state index is 0. The highest BCUT2D eigenvalue weighted by Gasteiger charge is 2.35. The van der Waals surface area contributed by atoms with E-state index in [0.29, 0.717) is 19.4 Å². The van der Waals surface area contributed by atoms with Crippen LogP contribution in [0.4, 0.5) is 0 Å². The van der Waals surface area contributed by atoms with Gasteiger partial charge in [-0.2, -0.15) is 0 Å². The molecule has 3 unspecified atom stereocenters. The second-order valence-corrected chi connectivity index (χ2v) is 9.48. The summed E-state index contributed by atoms with van der Waals surface area (Å²) in [5.74, 6) is -4.79. The van der Waals surface area contributed by atoms with Gasteiger partial charge < -0.3 is 63.3 Å². The van der Waals surface area contributed by atoms with E-state index in [9.17, 15) is 43.8 Å². The Labute approximate surface area is 254 Å². The van der Waals surface area contributed by atoms with Gasteiger partial charge in [-0.05, 0) is 39.2 Å². The molecule has 0 aliphatic carbocycles. The van der Waals surface area contributed by atoms with Crippen LogP contribution < -0.4 is 38.5 Å². The summed E-state index contributed by atoms with van der Waals surface area (Å²) in [5, 5.41) is 38.2. The van der Waals surface area contributed by atoms with Crippen molar-refractivity contribution >= 4 is 54.1 Å². The van der Waals surface area contributed by atoms with Crippen LogP contribution in [0.15, 0.2) is 0 Å². The van der Waals surface area contributed by atoms with Crippen LogP contribution >= 0.6 is 12.4 Å². The summed E-state index contributed by atoms with van der Waals surface area (Å²) in [6.07, 6.45) is -4.17. The second kappa shape index (κ2) is 22.2. The lowest BCUT2D eigenvalue weighted by Gasteiger charge is -2.30. The highest BCUT2D eigenvalue weighted by molar-refractivity contribution is 5.92. The number of nitrogens with one attached hydrogen (secondary N) is 4. The van der Waals surface area contributed by atoms with E-state index in [1.54, 1.807) is 0 Å². The lowest BCUT2D eigenvalue weighted by Crippen LogP contribution is -2.56. The molecule has 0 fully saturated rings. The number of aliphatic hydroxyl groups is 3. The van der Waals surface area contributed by atoms with Crippen molar-refractivity contribution in [2.45, 2.75) is 88.4 Å². The van der Waals surface area contributed by atoms with E-state index in [0.717, 1.165) is 6.92 Å². The molecule has 0 spiro atoms. The summed E-state index contributed by atoms with van der Waals surface area (Å²) < 4.78 is 5.22. The van der Waals surface area contributed by atoms with Crippen molar-refractivity contribution in [1.82, 2.24) is 21.3 Å². The third-order valence-electron chi connectivity index (χ3n) is 5.91. The average molecular weight is 642 g/mol. The Morgan fingerprint density at radius 2 is 1.47 bits per heavy atom. The Morgan fingerprint density at radius 1 is 0.884 bits per heavy atom. The van der Waals surface area contributed by atoms with Crippen LogP contribution in [0.3, 0.4) is 0 Å². The number of nitrogens with two attached hydrogens (primary N) is 3. The zero-order valence-corrected chi connectivity index (χ0v) is 24.8. The van der Waals surface area contributed by atoms with Gasteiger partial charge in [0.25, 0.3) is 0 Å². The minimum atomic E-state index is -1.89. The molecule has 0 heterocycles. The fourth-order valence-corrected chi connectivity index (χ4v) is 3.59. The molecule has 7 atom stereocenters. The maximum absolute atomic E-state index is 12.6. The topological polar surface area (TPSA) is 316 Å². The number of carbonyl (C=O) groups is 7. The van der Waals surface area contributed by atoms with E-state index < -0.39 is 91.1 Å². The van der Waals surface area contributed by atoms with Gasteiger partial charge in [0.1, 0.15) is 55.4 Å². The Hall–Kier alpha value is -3.42. The highest BCUT2D eigenvalue weighted by atomic mass is 35.5. The van der Waals surface area contributed by atoms with E-state index in [-0.39, 0.29) is 38.0 Å². The molecule has 248 valence electrons. The predicted octanol–water partition coefficient (Wildman–Crippen LogP) is -5.43. The maximum Gasteiger partial charge on any atom is 0.246 e. The van der Waals surface area contributed by atoms with Crippen molar-refractivity contribution in [3.63, 3.8) is 0 Å². The largest absolute Gasteiger partial charge is 0.394 e. The number of hydrogen-bond donors (Lipinski definition) is 10. The van der Waals surface area contributed by atoms with Crippen LogP contribution in [-0.4, -0.2) is 119 Å². The zero-order chi connectivity index (χ0) is 32.4. The Balaban J connectivity index is 0. The third kappa shape index (κ3) is 16.7. The minimum Gasteiger partial charge on any atom is -0.394 e. The molecule has 0 bridgehead atoms. The van der Waals surface area contributed by atoms with Crippen LogP contribution in [0.5, 0.6) is 0 Å². The van der Waals surface area contributed by atoms with Crippen LogP contribution in [-0.2, 0) is 38.3 Å². The molecule has 13 N–H and O–H groups in total. The van der Waals surface area contributed by atoms with Crippen LogP contribution in [0.2, 0.25) is 0 Å². The lowest BCUT2D eigenvalue weighted by atomic mass is 10.0. The standard InChI is InChI=1S/C24H43N7O11.ClH/c1-12(28-19(37)11-42-21(20(38)17(35)10-33)16(9-32)29-13(2)34)24(41)31-15(23(27)40)6-7-18(36)30-14(22(26)39)5-3-4-8-25;/h9,12,14-17,20-21,33,35,38H,3-8,10-11,25H2,1-2H3,(H2,26,39)(H2,27,40)(H,28,37)(H,29,34)(H,30,36)(H,31,41);1H/t12?,14?,15?,16-,17+,20+,21+;/m0./s1. The van der Waals surface area contributed by atoms with Crippen LogP contribution in [0, 0.1) is 0 Å². The van der Waals surface area contributed by atoms with Gasteiger partial charge in [-0.25, -0.2) is 0 Å². The number of carbonyl (C=O) groups excluding carboxylic acids is 7. The molecule has 0 saturated carbocycles. The SMILES string of the molecule is CC(=O)N[C@@H](C=O)[C@@H](OCC(=O)NC(C)C(=O)NC(CCC(=O)NC(CCCCN)C(N)=O)C(N)=O)[C@H](O)[C@H](O)CO.Cl. The van der Waals surface area contributed by atoms with Crippen LogP contribution in [0.1, 0.15) is 46.0 Å². The monoisotopic (exact) mass is 641 g/mol. The Morgan fingerprint density at radius 3 is 1.95 bits per heavy atom. The summed E-state index contributed by atoms with van der Waals surface area (Å²) in [6, 6.07) is -5.00. The quantitative estimate of drug-likeness (QED) is 0.0391. The van der Waals surface area contributed by atoms with Gasteiger partial charge in [0.05, 0.1) is 6.61 Å². The van der Waals surface area contributed by atoms with E-state index in [2.05, 4.69) is 21.3 Å². The van der Waals surface area contributed by atoms with E-state index in [1.165, 1.54) is 6.92 Å². The predicted molar refractivity (Wildman–Crippen MR) is 152 cm³/mol. The molecular formula is C24H44ClN7O11. The van der Waals surface area contributed by atoms with Crippen molar-refractivity contribution in [2.24, 2.45) is 17.2 Å². The Kier molecular flexibility index (Phi) is 21.5. The first-order chi connectivity index (χ1) is 19.7. The molecule has 0 saturated heterocycles. The van der Waals surface area contributed by atoms with E-state index in [1.807, 2.05) is 0 Å². The number of ether oxygens (including phenoxy) is 1. The number of unbranched alkanes of at least 4 members (excludes halogenated alkanes) is 1. The van der Waals surface area contributed by atoms with Crippen molar-refractivity contribution in [3.8, 4) is 0 Å². The van der Waals surface area contributed by atoms with Gasteiger partial charge in [-0.3, -0.25) is 28.8 Å². The first-order valence-electron chi connectivity index (χ1n) is 13.2. The summed E-state index contributed by atoms with van der Waals surface area (Å²) in [7, 11) is 0. The molecule has 0 aromatic carbocycles. The van der Waals surface area contributed by atoms with Gasteiger partial charge in [0.2, 0.25) is 35.4 Å². The number of amides is 6. The van der Waals surface area contributed by atoms with Gasteiger partial charge in [-0.15, -0.1) is 12.4 Å². The molecule has 43 heavy (non-hydrogen) atoms. The molecule has 0 radical (unpaired) electrons.